The van der Waals surface area contributed by atoms with Gasteiger partial charge in [-0.05, 0) is 55.0 Å². The van der Waals surface area contributed by atoms with Crippen LogP contribution >= 0.6 is 0 Å². The number of alkyl carbamates (subject to hydrolysis) is 1. The molecule has 0 spiro atoms. The Morgan fingerprint density at radius 1 is 0.387 bits per heavy atom. The van der Waals surface area contributed by atoms with Gasteiger partial charge in [-0.3, -0.25) is 4.79 Å². The summed E-state index contributed by atoms with van der Waals surface area (Å²) in [5, 5.41) is 2.40. The van der Waals surface area contributed by atoms with Gasteiger partial charge in [-0.25, -0.2) is 33.6 Å². The fourth-order valence-corrected chi connectivity index (χ4v) is 5.03. The molecule has 4 rings (SSSR count). The van der Waals surface area contributed by atoms with Gasteiger partial charge in [0.2, 0.25) is 27.2 Å². The molecule has 0 aromatic heterocycles. The number of hydrogen-bond donors (Lipinski definition) is 1. The molecule has 0 aliphatic heterocycles. The summed E-state index contributed by atoms with van der Waals surface area (Å²) in [7, 11) is 0. The van der Waals surface area contributed by atoms with Crippen LogP contribution in [-0.2, 0) is 42.7 Å². The molecule has 19 heteroatoms. The number of carbonyl (C=O) groups excluding carboxylic acids is 8. The lowest BCUT2D eigenvalue weighted by Crippen LogP contribution is -2.45. The second-order valence-electron chi connectivity index (χ2n) is 12.4. The Labute approximate surface area is 355 Å². The summed E-state index contributed by atoms with van der Waals surface area (Å²) in [4.78, 5) is 103. The predicted molar refractivity (Wildman–Crippen MR) is 213 cm³/mol. The molecule has 0 fully saturated rings. The number of carbonyl (C=O) groups is 8. The summed E-state index contributed by atoms with van der Waals surface area (Å²) in [5.74, 6) is -3.70. The number of hydrogen-bond acceptors (Lipinski definition) is 16. The van der Waals surface area contributed by atoms with Gasteiger partial charge >= 0.3 is 48.1 Å². The zero-order valence-electron chi connectivity index (χ0n) is 33.3. The van der Waals surface area contributed by atoms with Crippen LogP contribution in [0.4, 0.5) is 14.4 Å². The van der Waals surface area contributed by atoms with E-state index in [1.165, 1.54) is 48.5 Å². The SMILES string of the molecule is O=C(CCCN(CCN(CCNC(=O)OCOC(=O)c1ccccc1)C(=O)OCOC(=O)c1ccccc1)C(=O)OCOC(=O)c1ccccc1)OCOC(=O)c1ccccc1. The Morgan fingerprint density at radius 3 is 1.11 bits per heavy atom. The number of nitrogens with zero attached hydrogens (tertiary/aromatic N) is 2. The van der Waals surface area contributed by atoms with Crippen LogP contribution in [-0.4, -0.2) is 118 Å². The zero-order chi connectivity index (χ0) is 44.4. The average molecular weight is 858 g/mol. The quantitative estimate of drug-likeness (QED) is 0.0610. The molecule has 3 amide bonds. The van der Waals surface area contributed by atoms with Gasteiger partial charge in [-0.15, -0.1) is 0 Å². The molecular weight excluding hydrogens is 814 g/mol. The van der Waals surface area contributed by atoms with Gasteiger partial charge < -0.3 is 53.0 Å². The van der Waals surface area contributed by atoms with Crippen molar-refractivity contribution < 1.29 is 76.3 Å². The van der Waals surface area contributed by atoms with Crippen LogP contribution in [0.1, 0.15) is 54.3 Å². The molecule has 326 valence electrons. The van der Waals surface area contributed by atoms with Crippen LogP contribution in [0.5, 0.6) is 0 Å². The highest BCUT2D eigenvalue weighted by molar-refractivity contribution is 5.90. The lowest BCUT2D eigenvalue weighted by atomic mass is 10.2. The molecule has 1 N–H and O–H groups in total. The van der Waals surface area contributed by atoms with Gasteiger partial charge in [-0.1, -0.05) is 72.8 Å². The Kier molecular flexibility index (Phi) is 19.7. The van der Waals surface area contributed by atoms with E-state index in [9.17, 15) is 38.4 Å². The van der Waals surface area contributed by atoms with E-state index in [4.69, 9.17) is 37.9 Å². The van der Waals surface area contributed by atoms with Crippen molar-refractivity contribution in [3.8, 4) is 0 Å². The summed E-state index contributed by atoms with van der Waals surface area (Å²) < 4.78 is 40.2. The Hall–Kier alpha value is -7.96. The molecule has 0 radical (unpaired) electrons. The van der Waals surface area contributed by atoms with Crippen molar-refractivity contribution in [3.05, 3.63) is 144 Å². The fraction of sp³-hybridized carbons (Fsp3) is 0.256. The van der Waals surface area contributed by atoms with Gasteiger partial charge in [0, 0.05) is 39.1 Å². The standard InChI is InChI=1S/C43H43N3O16/c47-36(55-28-56-37(48)32-14-5-1-6-15-32)22-13-24-45(42(53)61-30-58-39(50)34-18-9-3-10-19-34)26-27-46(43(54)62-31-59-40(51)35-20-11-4-12-21-35)25-23-44-41(52)60-29-57-38(49)33-16-7-2-8-17-33/h1-12,14-21H,13,22-31H2,(H,44,52). The summed E-state index contributed by atoms with van der Waals surface area (Å²) in [5.41, 5.74) is 0.921. The number of rotatable bonds is 22. The van der Waals surface area contributed by atoms with E-state index >= 15 is 0 Å². The van der Waals surface area contributed by atoms with E-state index in [2.05, 4.69) is 5.32 Å². The molecule has 0 atom stereocenters. The smallest absolute Gasteiger partial charge is 0.412 e. The van der Waals surface area contributed by atoms with Gasteiger partial charge in [0.15, 0.2) is 0 Å². The number of ether oxygens (including phenoxy) is 8. The van der Waals surface area contributed by atoms with Crippen molar-refractivity contribution in [2.45, 2.75) is 12.8 Å². The van der Waals surface area contributed by atoms with Crippen molar-refractivity contribution in [2.24, 2.45) is 0 Å². The molecule has 62 heavy (non-hydrogen) atoms. The summed E-state index contributed by atoms with van der Waals surface area (Å²) >= 11 is 0. The summed E-state index contributed by atoms with van der Waals surface area (Å²) in [6, 6.07) is 32.0. The third-order valence-corrected chi connectivity index (χ3v) is 8.19. The molecule has 0 aliphatic rings. The first-order chi connectivity index (χ1) is 30.1. The first-order valence-corrected chi connectivity index (χ1v) is 18.9. The minimum atomic E-state index is -1.02. The summed E-state index contributed by atoms with van der Waals surface area (Å²) in [6.45, 7) is -4.06. The third-order valence-electron chi connectivity index (χ3n) is 8.19. The normalized spacial score (nSPS) is 10.2. The fourth-order valence-electron chi connectivity index (χ4n) is 5.03. The maximum Gasteiger partial charge on any atom is 0.412 e. The van der Waals surface area contributed by atoms with E-state index in [0.717, 1.165) is 9.80 Å². The first-order valence-electron chi connectivity index (χ1n) is 18.9. The van der Waals surface area contributed by atoms with Gasteiger partial charge in [0.05, 0.1) is 22.3 Å². The molecule has 0 heterocycles. The first kappa shape index (κ1) is 46.7. The van der Waals surface area contributed by atoms with Gasteiger partial charge in [0.25, 0.3) is 0 Å². The maximum atomic E-state index is 13.3. The number of benzene rings is 4. The number of amides is 3. The zero-order valence-corrected chi connectivity index (χ0v) is 33.3. The van der Waals surface area contributed by atoms with Crippen molar-refractivity contribution in [2.75, 3.05) is 59.9 Å². The molecule has 0 aliphatic carbocycles. The largest absolute Gasteiger partial charge is 0.428 e. The van der Waals surface area contributed by atoms with Crippen LogP contribution in [0.2, 0.25) is 0 Å². The topological polar surface area (TPSA) is 229 Å². The lowest BCUT2D eigenvalue weighted by Gasteiger charge is -2.27. The van der Waals surface area contributed by atoms with Crippen molar-refractivity contribution in [1.82, 2.24) is 15.1 Å². The van der Waals surface area contributed by atoms with Crippen molar-refractivity contribution >= 4 is 48.1 Å². The molecule has 0 saturated heterocycles. The molecule has 0 bridgehead atoms. The maximum absolute atomic E-state index is 13.3. The lowest BCUT2D eigenvalue weighted by molar-refractivity contribution is -0.152. The summed E-state index contributed by atoms with van der Waals surface area (Å²) in [6.07, 6.45) is -3.23. The highest BCUT2D eigenvalue weighted by Gasteiger charge is 2.22. The van der Waals surface area contributed by atoms with Crippen LogP contribution in [0, 0.1) is 0 Å². The number of esters is 5. The minimum absolute atomic E-state index is 0.00644. The Balaban J connectivity index is 1.34. The Morgan fingerprint density at radius 2 is 0.726 bits per heavy atom. The van der Waals surface area contributed by atoms with Crippen LogP contribution in [0.15, 0.2) is 121 Å². The van der Waals surface area contributed by atoms with E-state index in [0.29, 0.717) is 0 Å². The third kappa shape index (κ3) is 17.1. The van der Waals surface area contributed by atoms with Gasteiger partial charge in [0.1, 0.15) is 0 Å². The molecule has 0 unspecified atom stereocenters. The van der Waals surface area contributed by atoms with E-state index in [1.807, 2.05) is 0 Å². The number of nitrogens with one attached hydrogen (secondary N) is 1. The predicted octanol–water partition coefficient (Wildman–Crippen LogP) is 5.17. The van der Waals surface area contributed by atoms with Crippen LogP contribution in [0.3, 0.4) is 0 Å². The molecule has 4 aromatic rings. The van der Waals surface area contributed by atoms with Gasteiger partial charge in [-0.2, -0.15) is 0 Å². The van der Waals surface area contributed by atoms with E-state index in [-0.39, 0.29) is 67.8 Å². The average Bonchev–Trinajstić information content (AvgIpc) is 3.30. The van der Waals surface area contributed by atoms with Crippen molar-refractivity contribution in [1.29, 1.82) is 0 Å². The highest BCUT2D eigenvalue weighted by Crippen LogP contribution is 2.08. The highest BCUT2D eigenvalue weighted by atomic mass is 16.7. The second kappa shape index (κ2) is 26.2. The monoisotopic (exact) mass is 857 g/mol. The minimum Gasteiger partial charge on any atom is -0.428 e. The Bertz CT molecular complexity index is 1920. The van der Waals surface area contributed by atoms with Crippen LogP contribution in [0.25, 0.3) is 0 Å². The van der Waals surface area contributed by atoms with Crippen molar-refractivity contribution in [3.63, 3.8) is 0 Å². The van der Waals surface area contributed by atoms with E-state index < -0.39 is 75.3 Å². The molecule has 0 saturated carbocycles. The molecule has 19 nitrogen and oxygen atoms in total. The van der Waals surface area contributed by atoms with E-state index in [1.54, 1.807) is 72.8 Å². The van der Waals surface area contributed by atoms with Crippen LogP contribution < -0.4 is 5.32 Å². The molecular formula is C43H43N3O16. The molecule has 4 aromatic carbocycles. The second-order valence-corrected chi connectivity index (χ2v) is 12.4.